The van der Waals surface area contributed by atoms with E-state index in [0.717, 1.165) is 24.8 Å². The van der Waals surface area contributed by atoms with Crippen molar-refractivity contribution in [2.45, 2.75) is 46.1 Å². The van der Waals surface area contributed by atoms with Gasteiger partial charge in [-0.15, -0.1) is 11.3 Å². The molecule has 0 bridgehead atoms. The molecule has 0 saturated carbocycles. The number of amides is 1. The van der Waals surface area contributed by atoms with Gasteiger partial charge in [0.1, 0.15) is 4.88 Å². The molecule has 1 aromatic carbocycles. The first kappa shape index (κ1) is 17.7. The van der Waals surface area contributed by atoms with Crippen LogP contribution in [0.1, 0.15) is 45.9 Å². The van der Waals surface area contributed by atoms with Crippen LogP contribution in [0.2, 0.25) is 0 Å². The highest BCUT2D eigenvalue weighted by Crippen LogP contribution is 2.32. The van der Waals surface area contributed by atoms with Gasteiger partial charge in [-0.2, -0.15) is 0 Å². The van der Waals surface area contributed by atoms with E-state index in [2.05, 4.69) is 12.2 Å². The summed E-state index contributed by atoms with van der Waals surface area (Å²) < 4.78 is 5.36. The Morgan fingerprint density at radius 3 is 2.88 bits per heavy atom. The van der Waals surface area contributed by atoms with Crippen LogP contribution < -0.4 is 5.32 Å². The minimum absolute atomic E-state index is 0.325. The van der Waals surface area contributed by atoms with Crippen molar-refractivity contribution in [1.29, 1.82) is 0 Å². The Kier molecular flexibility index (Phi) is 5.23. The number of hydrogen-bond acceptors (Lipinski definition) is 4. The molecule has 1 aliphatic carbocycles. The van der Waals surface area contributed by atoms with Gasteiger partial charge in [0.2, 0.25) is 0 Å². The highest BCUT2D eigenvalue weighted by molar-refractivity contribution is 7.14. The van der Waals surface area contributed by atoms with Crippen molar-refractivity contribution in [2.75, 3.05) is 5.32 Å². The van der Waals surface area contributed by atoms with E-state index in [1.165, 1.54) is 21.8 Å². The standard InChI is InChI=1S/C20H23NO3S/c1-12-5-4-6-16(10-12)21-19(22)14(3)24-20(23)18-11-15-9-13(2)7-8-17(15)25-18/h4-6,10-11,13-14H,7-9H2,1-3H3,(H,21,22)/t13-,14+/m0/s1. The van der Waals surface area contributed by atoms with Crippen molar-refractivity contribution in [3.05, 3.63) is 51.2 Å². The molecule has 0 radical (unpaired) electrons. The quantitative estimate of drug-likeness (QED) is 0.827. The lowest BCUT2D eigenvalue weighted by atomic mass is 9.90. The van der Waals surface area contributed by atoms with Crippen molar-refractivity contribution in [3.63, 3.8) is 0 Å². The minimum atomic E-state index is -0.842. The van der Waals surface area contributed by atoms with E-state index in [9.17, 15) is 9.59 Å². The summed E-state index contributed by atoms with van der Waals surface area (Å²) in [6, 6.07) is 9.45. The van der Waals surface area contributed by atoms with Crippen molar-refractivity contribution in [3.8, 4) is 0 Å². The summed E-state index contributed by atoms with van der Waals surface area (Å²) in [5.74, 6) is -0.0853. The Balaban J connectivity index is 1.61. The summed E-state index contributed by atoms with van der Waals surface area (Å²) >= 11 is 1.50. The largest absolute Gasteiger partial charge is 0.448 e. The summed E-state index contributed by atoms with van der Waals surface area (Å²) in [5, 5.41) is 2.78. The zero-order chi connectivity index (χ0) is 18.0. The molecule has 2 atom stereocenters. The average Bonchev–Trinajstić information content (AvgIpc) is 2.98. The van der Waals surface area contributed by atoms with Gasteiger partial charge in [-0.1, -0.05) is 19.1 Å². The van der Waals surface area contributed by atoms with Crippen LogP contribution in [0.5, 0.6) is 0 Å². The van der Waals surface area contributed by atoms with Crippen molar-refractivity contribution in [2.24, 2.45) is 5.92 Å². The molecule has 1 heterocycles. The molecule has 0 spiro atoms. The van der Waals surface area contributed by atoms with Crippen molar-refractivity contribution < 1.29 is 14.3 Å². The molecular weight excluding hydrogens is 334 g/mol. The second-order valence-corrected chi connectivity index (χ2v) is 7.95. The highest BCUT2D eigenvalue weighted by Gasteiger charge is 2.24. The van der Waals surface area contributed by atoms with Crippen LogP contribution in [0, 0.1) is 12.8 Å². The molecule has 1 amide bonds. The fourth-order valence-electron chi connectivity index (χ4n) is 3.05. The van der Waals surface area contributed by atoms with E-state index in [1.54, 1.807) is 6.92 Å². The predicted octanol–water partition coefficient (Wildman–Crippen LogP) is 4.37. The maximum absolute atomic E-state index is 12.4. The molecular formula is C20H23NO3S. The number of anilines is 1. The lowest BCUT2D eigenvalue weighted by Gasteiger charge is -2.16. The van der Waals surface area contributed by atoms with Crippen LogP contribution in [0.4, 0.5) is 5.69 Å². The number of esters is 1. The van der Waals surface area contributed by atoms with Gasteiger partial charge >= 0.3 is 5.97 Å². The van der Waals surface area contributed by atoms with E-state index in [1.807, 2.05) is 37.3 Å². The number of hydrogen-bond donors (Lipinski definition) is 1. The number of ether oxygens (including phenoxy) is 1. The van der Waals surface area contributed by atoms with Gasteiger partial charge in [-0.3, -0.25) is 4.79 Å². The maximum atomic E-state index is 12.4. The fraction of sp³-hybridized carbons (Fsp3) is 0.400. The monoisotopic (exact) mass is 357 g/mol. The molecule has 1 N–H and O–H groups in total. The predicted molar refractivity (Wildman–Crippen MR) is 100 cm³/mol. The van der Waals surface area contributed by atoms with Crippen LogP contribution in [0.25, 0.3) is 0 Å². The summed E-state index contributed by atoms with van der Waals surface area (Å²) in [7, 11) is 0. The summed E-state index contributed by atoms with van der Waals surface area (Å²) in [5.41, 5.74) is 3.02. The zero-order valence-corrected chi connectivity index (χ0v) is 15.6. The molecule has 132 valence electrons. The second kappa shape index (κ2) is 7.40. The van der Waals surface area contributed by atoms with E-state index in [-0.39, 0.29) is 5.91 Å². The number of aryl methyl sites for hydroxylation is 2. The highest BCUT2D eigenvalue weighted by atomic mass is 32.1. The Bertz CT molecular complexity index is 796. The van der Waals surface area contributed by atoms with E-state index in [0.29, 0.717) is 16.5 Å². The topological polar surface area (TPSA) is 55.4 Å². The maximum Gasteiger partial charge on any atom is 0.349 e. The van der Waals surface area contributed by atoms with E-state index >= 15 is 0 Å². The van der Waals surface area contributed by atoms with Crippen LogP contribution in [-0.4, -0.2) is 18.0 Å². The smallest absolute Gasteiger partial charge is 0.349 e. The van der Waals surface area contributed by atoms with Crippen LogP contribution in [0.15, 0.2) is 30.3 Å². The normalized spacial score (nSPS) is 17.5. The Hall–Kier alpha value is -2.14. The molecule has 3 rings (SSSR count). The van der Waals surface area contributed by atoms with Crippen LogP contribution in [0.3, 0.4) is 0 Å². The minimum Gasteiger partial charge on any atom is -0.448 e. The van der Waals surface area contributed by atoms with E-state index < -0.39 is 12.1 Å². The third-order valence-electron chi connectivity index (χ3n) is 4.47. The van der Waals surface area contributed by atoms with Crippen molar-refractivity contribution in [1.82, 2.24) is 0 Å². The molecule has 1 aromatic heterocycles. The number of carbonyl (C=O) groups is 2. The van der Waals surface area contributed by atoms with Gasteiger partial charge in [0.25, 0.3) is 5.91 Å². The summed E-state index contributed by atoms with van der Waals surface area (Å²) in [4.78, 5) is 26.5. The van der Waals surface area contributed by atoms with Crippen LogP contribution in [-0.2, 0) is 22.4 Å². The van der Waals surface area contributed by atoms with Gasteiger partial charge < -0.3 is 10.1 Å². The number of benzene rings is 1. The first-order valence-electron chi connectivity index (χ1n) is 8.62. The Morgan fingerprint density at radius 1 is 1.32 bits per heavy atom. The first-order chi connectivity index (χ1) is 11.9. The molecule has 0 aliphatic heterocycles. The SMILES string of the molecule is Cc1cccc(NC(=O)[C@@H](C)OC(=O)c2cc3c(s2)CC[C@H](C)C3)c1. The molecule has 0 fully saturated rings. The number of carbonyl (C=O) groups excluding carboxylic acids is 2. The van der Waals surface area contributed by atoms with Crippen molar-refractivity contribution >= 4 is 28.9 Å². The molecule has 0 unspecified atom stereocenters. The molecule has 2 aromatic rings. The van der Waals surface area contributed by atoms with Crippen LogP contribution >= 0.6 is 11.3 Å². The van der Waals surface area contributed by atoms with Gasteiger partial charge in [0.15, 0.2) is 6.10 Å². The number of fused-ring (bicyclic) bond motifs is 1. The fourth-order valence-corrected chi connectivity index (χ4v) is 4.14. The lowest BCUT2D eigenvalue weighted by Crippen LogP contribution is -2.29. The lowest BCUT2D eigenvalue weighted by molar-refractivity contribution is -0.123. The average molecular weight is 357 g/mol. The number of nitrogens with one attached hydrogen (secondary N) is 1. The molecule has 0 saturated heterocycles. The zero-order valence-electron chi connectivity index (χ0n) is 14.8. The number of thiophene rings is 1. The van der Waals surface area contributed by atoms with E-state index in [4.69, 9.17) is 4.74 Å². The summed E-state index contributed by atoms with van der Waals surface area (Å²) in [6.07, 6.45) is 2.36. The van der Waals surface area contributed by atoms with Gasteiger partial charge in [-0.05, 0) is 68.4 Å². The van der Waals surface area contributed by atoms with Gasteiger partial charge in [0, 0.05) is 10.6 Å². The number of rotatable bonds is 4. The first-order valence-corrected chi connectivity index (χ1v) is 9.44. The van der Waals surface area contributed by atoms with Gasteiger partial charge in [-0.25, -0.2) is 4.79 Å². The molecule has 25 heavy (non-hydrogen) atoms. The van der Waals surface area contributed by atoms with Gasteiger partial charge in [0.05, 0.1) is 0 Å². The second-order valence-electron chi connectivity index (χ2n) is 6.81. The molecule has 5 heteroatoms. The third kappa shape index (κ3) is 4.28. The molecule has 1 aliphatic rings. The summed E-state index contributed by atoms with van der Waals surface area (Å²) in [6.45, 7) is 5.79. The Labute approximate surface area is 152 Å². The third-order valence-corrected chi connectivity index (χ3v) is 5.69. The molecule has 4 nitrogen and oxygen atoms in total. The Morgan fingerprint density at radius 2 is 2.12 bits per heavy atom.